The number of rotatable bonds is 48. The van der Waals surface area contributed by atoms with Gasteiger partial charge in [0.05, 0.1) is 0 Å². The Morgan fingerprint density at radius 2 is 0.679 bits per heavy atom. The standard InChI is InChI=1S/C70H116N2.2C4H9.Ni/c1-9-17-25-28-30-32-34-45-59(41-20-12-4)57-61(43-22-14-6)53-55-63-47-37-39-50-65(63)69-67(49-24-16-8)68(52-36-27-19-11-3)70(72(69)71)66-51-40-38-48-64(66)56-54-62(44-23-15-7)58-60(42-21-13-5)46-35-33-31-29-26-18-10-2;2*1-3-4-2;/h37-40,47-48,50-51,57-58,61-62H,9-36,41-46,49,52-56H2,1-8H3;2*1,3-4H2,2H3;/q;2*-1;+2. The van der Waals surface area contributed by atoms with Crippen LogP contribution in [-0.4, -0.2) is 4.70 Å². The molecule has 0 fully saturated rings. The van der Waals surface area contributed by atoms with E-state index in [9.17, 15) is 5.53 Å². The quantitative estimate of drug-likeness (QED) is 0.0207. The van der Waals surface area contributed by atoms with E-state index in [4.69, 9.17) is 0 Å². The molecule has 2 aromatic rings. The molecule has 1 heterocycles. The van der Waals surface area contributed by atoms with Gasteiger partial charge in [-0.1, -0.05) is 283 Å². The maximum atomic E-state index is 13.1. The van der Waals surface area contributed by atoms with E-state index >= 15 is 0 Å². The van der Waals surface area contributed by atoms with Crippen LogP contribution in [0.5, 0.6) is 0 Å². The van der Waals surface area contributed by atoms with Crippen LogP contribution >= 0.6 is 0 Å². The van der Waals surface area contributed by atoms with Crippen molar-refractivity contribution < 1.29 is 21.2 Å². The van der Waals surface area contributed by atoms with Crippen molar-refractivity contribution in [3.05, 3.63) is 125 Å². The molecular formula is C78H134N2Ni. The predicted octanol–water partition coefficient (Wildman–Crippen LogP) is 27.2. The molecule has 0 bridgehead atoms. The molecule has 2 nitrogen and oxygen atoms in total. The van der Waals surface area contributed by atoms with Gasteiger partial charge in [-0.2, -0.15) is 12.8 Å². The van der Waals surface area contributed by atoms with Gasteiger partial charge in [-0.3, -0.25) is 0 Å². The Balaban J connectivity index is 0.00000664. The van der Waals surface area contributed by atoms with E-state index in [2.05, 4.69) is 144 Å². The van der Waals surface area contributed by atoms with Gasteiger partial charge in [0, 0.05) is 22.3 Å². The van der Waals surface area contributed by atoms with Crippen LogP contribution in [0.3, 0.4) is 0 Å². The number of unbranched alkanes of at least 4 members (excludes halogenated alkanes) is 22. The number of benzene rings is 2. The van der Waals surface area contributed by atoms with E-state index in [0.717, 1.165) is 62.8 Å². The van der Waals surface area contributed by atoms with Crippen molar-refractivity contribution in [2.24, 2.45) is 11.8 Å². The molecule has 0 spiro atoms. The van der Waals surface area contributed by atoms with Crippen LogP contribution in [0.1, 0.15) is 361 Å². The Bertz CT molecular complexity index is 1900. The van der Waals surface area contributed by atoms with E-state index in [1.54, 1.807) is 15.8 Å². The van der Waals surface area contributed by atoms with Crippen molar-refractivity contribution in [3.8, 4) is 0 Å². The Morgan fingerprint density at radius 3 is 1.04 bits per heavy atom. The Kier molecular flexibility index (Phi) is 53.7. The summed E-state index contributed by atoms with van der Waals surface area (Å²) in [6.07, 6.45) is 61.0. The van der Waals surface area contributed by atoms with Gasteiger partial charge in [0.2, 0.25) is 11.4 Å². The summed E-state index contributed by atoms with van der Waals surface area (Å²) in [5, 5.41) is 0. The minimum absolute atomic E-state index is 0. The van der Waals surface area contributed by atoms with E-state index in [1.165, 1.54) is 265 Å². The summed E-state index contributed by atoms with van der Waals surface area (Å²) in [4.78, 5) is 0. The maximum Gasteiger partial charge on any atom is 2.00 e. The minimum Gasteiger partial charge on any atom is -0.493 e. The monoisotopic (exact) mass is 1160 g/mol. The second-order valence-electron chi connectivity index (χ2n) is 24.4. The maximum absolute atomic E-state index is 13.1. The number of hydrogen-bond donors (Lipinski definition) is 0. The van der Waals surface area contributed by atoms with Crippen molar-refractivity contribution in [1.29, 1.82) is 0 Å². The van der Waals surface area contributed by atoms with Gasteiger partial charge in [0.25, 0.3) is 0 Å². The molecule has 2 unspecified atom stereocenters. The average molecular weight is 1160 g/mol. The summed E-state index contributed by atoms with van der Waals surface area (Å²) < 4.78 is 1.72. The molecule has 1 aliphatic rings. The molecule has 3 rings (SSSR count). The molecule has 2 aromatic carbocycles. The number of aryl methyl sites for hydroxylation is 2. The van der Waals surface area contributed by atoms with Gasteiger partial charge in [-0.25, -0.2) is 4.70 Å². The van der Waals surface area contributed by atoms with Gasteiger partial charge in [0.1, 0.15) is 0 Å². The fourth-order valence-electron chi connectivity index (χ4n) is 11.7. The molecule has 2 atom stereocenters. The summed E-state index contributed by atoms with van der Waals surface area (Å²) in [5.41, 5.74) is 26.8. The fraction of sp³-hybridized carbons (Fsp3) is 0.718. The third kappa shape index (κ3) is 35.5. The SMILES string of the molecule is CCCCCCCCCC(=CC(CCCC)CCc1ccccc1C1=C(CCCC)C(CCCCCC)=C(c2ccccc2CCC(C=C(CCCC)CCCCCCCCC)CCCC)[N+]1=[N-])CCCC.[CH2-]CCC.[CH2-]CCC.[Ni+2]. The van der Waals surface area contributed by atoms with Crippen LogP contribution in [0.2, 0.25) is 0 Å². The second-order valence-corrected chi connectivity index (χ2v) is 24.4. The minimum atomic E-state index is 0. The first-order chi connectivity index (χ1) is 39.2. The van der Waals surface area contributed by atoms with Gasteiger partial charge < -0.3 is 19.4 Å². The topological polar surface area (TPSA) is 25.3 Å². The molecule has 466 valence electrons. The normalized spacial score (nSPS) is 13.5. The largest absolute Gasteiger partial charge is 2.00 e. The molecule has 0 aliphatic carbocycles. The Hall–Kier alpha value is -2.51. The van der Waals surface area contributed by atoms with Crippen LogP contribution in [-0.2, 0) is 29.3 Å². The third-order valence-corrected chi connectivity index (χ3v) is 16.9. The van der Waals surface area contributed by atoms with E-state index in [1.807, 2.05) is 0 Å². The molecule has 0 saturated heterocycles. The van der Waals surface area contributed by atoms with Crippen LogP contribution in [0.25, 0.3) is 16.9 Å². The molecule has 0 N–H and O–H groups in total. The van der Waals surface area contributed by atoms with Crippen molar-refractivity contribution in [3.63, 3.8) is 0 Å². The van der Waals surface area contributed by atoms with Gasteiger partial charge in [-0.05, 0) is 151 Å². The van der Waals surface area contributed by atoms with Gasteiger partial charge in [0.15, 0.2) is 0 Å². The predicted molar refractivity (Wildman–Crippen MR) is 362 cm³/mol. The van der Waals surface area contributed by atoms with Crippen LogP contribution < -0.4 is 0 Å². The number of hydrogen-bond acceptors (Lipinski definition) is 0. The van der Waals surface area contributed by atoms with Crippen molar-refractivity contribution in [2.45, 2.75) is 352 Å². The summed E-state index contributed by atoms with van der Waals surface area (Å²) >= 11 is 0. The van der Waals surface area contributed by atoms with Crippen molar-refractivity contribution in [2.75, 3.05) is 0 Å². The molecule has 1 aliphatic heterocycles. The summed E-state index contributed by atoms with van der Waals surface area (Å²) in [6.45, 7) is 30.2. The van der Waals surface area contributed by atoms with Crippen LogP contribution in [0.15, 0.2) is 83.0 Å². The van der Waals surface area contributed by atoms with E-state index < -0.39 is 0 Å². The molecule has 0 amide bonds. The van der Waals surface area contributed by atoms with Crippen molar-refractivity contribution >= 4 is 11.4 Å². The molecule has 3 heteroatoms. The molecule has 0 saturated carbocycles. The first-order valence-corrected chi connectivity index (χ1v) is 35.3. The Labute approximate surface area is 517 Å². The fourth-order valence-corrected chi connectivity index (χ4v) is 11.7. The van der Waals surface area contributed by atoms with Crippen LogP contribution in [0.4, 0.5) is 0 Å². The first-order valence-electron chi connectivity index (χ1n) is 35.3. The summed E-state index contributed by atoms with van der Waals surface area (Å²) in [5.74, 6) is 1.20. The second kappa shape index (κ2) is 55.4. The number of nitrogens with zero attached hydrogens (tertiary/aromatic N) is 2. The zero-order valence-corrected chi connectivity index (χ0v) is 56.7. The first kappa shape index (κ1) is 78.5. The number of allylic oxidation sites excluding steroid dienone is 6. The molecular weight excluding hydrogens is 1020 g/mol. The third-order valence-electron chi connectivity index (χ3n) is 16.9. The zero-order chi connectivity index (χ0) is 58.7. The van der Waals surface area contributed by atoms with Gasteiger partial charge >= 0.3 is 16.5 Å². The van der Waals surface area contributed by atoms with Gasteiger partial charge in [-0.15, -0.1) is 0 Å². The van der Waals surface area contributed by atoms with Crippen LogP contribution in [0, 0.1) is 25.7 Å². The molecule has 0 radical (unpaired) electrons. The average Bonchev–Trinajstić information content (AvgIpc) is 4.05. The zero-order valence-electron chi connectivity index (χ0n) is 55.7. The smallest absolute Gasteiger partial charge is 0.493 e. The summed E-state index contributed by atoms with van der Waals surface area (Å²) in [7, 11) is 0. The molecule has 81 heavy (non-hydrogen) atoms. The van der Waals surface area contributed by atoms with E-state index in [0.29, 0.717) is 11.8 Å². The van der Waals surface area contributed by atoms with Crippen molar-refractivity contribution in [1.82, 2.24) is 0 Å². The summed E-state index contributed by atoms with van der Waals surface area (Å²) in [6, 6.07) is 18.5. The van der Waals surface area contributed by atoms with E-state index in [-0.39, 0.29) is 16.5 Å². The molecule has 0 aromatic heterocycles. The Morgan fingerprint density at radius 1 is 0.370 bits per heavy atom.